The van der Waals surface area contributed by atoms with Gasteiger partial charge in [-0.05, 0) is 53.9 Å². The number of carbonyl (C=O) groups is 2. The standard InChI is InChI=1S/C32H26ClN5O5/c33-25-17-20(9-11-28(25)39)31(41)36-34-18-21-10-12-29(24-6-2-1-5-23(21)24)43-19-30(40)37-15-13-22(14-16-37)38-27-8-4-3-7-26(27)35-32(38)42/h1-13,17-18,39H,14-16,19H2,(H,35,42)(H,36,41)/b34-18+. The molecule has 3 N–H and O–H groups in total. The number of H-pyrrole nitrogens is 1. The number of halogens is 1. The molecule has 0 fully saturated rings. The molecule has 4 aromatic carbocycles. The number of nitrogens with one attached hydrogen (secondary N) is 2. The number of hydrazone groups is 1. The van der Waals surface area contributed by atoms with Crippen LogP contribution in [-0.2, 0) is 4.79 Å². The molecule has 0 saturated carbocycles. The molecule has 1 aliphatic heterocycles. The quantitative estimate of drug-likeness (QED) is 0.185. The number of aromatic nitrogens is 2. The maximum absolute atomic E-state index is 13.0. The molecule has 0 saturated heterocycles. The Bertz CT molecular complexity index is 1990. The molecule has 1 aromatic heterocycles. The summed E-state index contributed by atoms with van der Waals surface area (Å²) in [5.74, 6) is -0.205. The summed E-state index contributed by atoms with van der Waals surface area (Å²) < 4.78 is 7.63. The number of phenols is 1. The molecule has 1 aliphatic rings. The van der Waals surface area contributed by atoms with Gasteiger partial charge in [0.25, 0.3) is 11.8 Å². The fourth-order valence-corrected chi connectivity index (χ4v) is 5.25. The van der Waals surface area contributed by atoms with Crippen molar-refractivity contribution in [3.8, 4) is 11.5 Å². The van der Waals surface area contributed by atoms with Crippen molar-refractivity contribution in [1.29, 1.82) is 0 Å². The molecule has 2 heterocycles. The van der Waals surface area contributed by atoms with Crippen LogP contribution in [-0.4, -0.2) is 57.3 Å². The van der Waals surface area contributed by atoms with Gasteiger partial charge in [-0.15, -0.1) is 0 Å². The van der Waals surface area contributed by atoms with Gasteiger partial charge in [0.2, 0.25) is 0 Å². The summed E-state index contributed by atoms with van der Waals surface area (Å²) in [6.07, 6.45) is 3.97. The number of amides is 2. The van der Waals surface area contributed by atoms with Crippen LogP contribution in [0.1, 0.15) is 22.3 Å². The lowest BCUT2D eigenvalue weighted by Gasteiger charge is -2.27. The minimum Gasteiger partial charge on any atom is -0.506 e. The van der Waals surface area contributed by atoms with Crippen LogP contribution in [0.2, 0.25) is 5.02 Å². The second-order valence-electron chi connectivity index (χ2n) is 9.92. The van der Waals surface area contributed by atoms with E-state index in [0.29, 0.717) is 25.3 Å². The molecule has 0 atom stereocenters. The molecule has 2 amide bonds. The van der Waals surface area contributed by atoms with Crippen molar-refractivity contribution in [2.75, 3.05) is 19.7 Å². The van der Waals surface area contributed by atoms with E-state index in [1.54, 1.807) is 21.6 Å². The van der Waals surface area contributed by atoms with Gasteiger partial charge in [-0.3, -0.25) is 14.2 Å². The minimum absolute atomic E-state index is 0.0699. The molecule has 0 radical (unpaired) electrons. The van der Waals surface area contributed by atoms with E-state index in [0.717, 1.165) is 33.1 Å². The van der Waals surface area contributed by atoms with Crippen LogP contribution in [0, 0.1) is 0 Å². The Morgan fingerprint density at radius 2 is 1.84 bits per heavy atom. The van der Waals surface area contributed by atoms with E-state index in [1.165, 1.54) is 24.4 Å². The lowest BCUT2D eigenvalue weighted by molar-refractivity contribution is -0.132. The highest BCUT2D eigenvalue weighted by Crippen LogP contribution is 2.28. The smallest absolute Gasteiger partial charge is 0.330 e. The van der Waals surface area contributed by atoms with Gasteiger partial charge >= 0.3 is 5.69 Å². The van der Waals surface area contributed by atoms with E-state index in [4.69, 9.17) is 16.3 Å². The number of rotatable bonds is 7. The second-order valence-corrected chi connectivity index (χ2v) is 10.3. The summed E-state index contributed by atoms with van der Waals surface area (Å²) in [6.45, 7) is 0.707. The van der Waals surface area contributed by atoms with Gasteiger partial charge in [0.15, 0.2) is 6.61 Å². The van der Waals surface area contributed by atoms with Crippen molar-refractivity contribution in [1.82, 2.24) is 19.9 Å². The van der Waals surface area contributed by atoms with Crippen LogP contribution in [0.5, 0.6) is 11.5 Å². The number of hydrogen-bond donors (Lipinski definition) is 3. The molecule has 11 heteroatoms. The predicted octanol–water partition coefficient (Wildman–Crippen LogP) is 4.76. The number of nitrogens with zero attached hydrogens (tertiary/aromatic N) is 3. The first kappa shape index (κ1) is 27.8. The molecular weight excluding hydrogens is 570 g/mol. The Balaban J connectivity index is 1.11. The van der Waals surface area contributed by atoms with Crippen LogP contribution in [0.4, 0.5) is 0 Å². The highest BCUT2D eigenvalue weighted by Gasteiger charge is 2.21. The largest absolute Gasteiger partial charge is 0.506 e. The fourth-order valence-electron chi connectivity index (χ4n) is 5.07. The van der Waals surface area contributed by atoms with Gasteiger partial charge in [0, 0.05) is 41.7 Å². The number of para-hydroxylation sites is 2. The second kappa shape index (κ2) is 11.9. The number of benzene rings is 4. The summed E-state index contributed by atoms with van der Waals surface area (Å²) in [5, 5.41) is 15.3. The molecule has 5 aromatic rings. The third kappa shape index (κ3) is 5.73. The zero-order valence-electron chi connectivity index (χ0n) is 22.8. The third-order valence-corrected chi connectivity index (χ3v) is 7.57. The molecule has 43 heavy (non-hydrogen) atoms. The summed E-state index contributed by atoms with van der Waals surface area (Å²) in [4.78, 5) is 42.5. The molecule has 6 rings (SSSR count). The molecular formula is C32H26ClN5O5. The number of phenolic OH excluding ortho intramolecular Hbond substituents is 1. The normalized spacial score (nSPS) is 13.4. The summed E-state index contributed by atoms with van der Waals surface area (Å²) in [7, 11) is 0. The first-order valence-corrected chi connectivity index (χ1v) is 13.9. The van der Waals surface area contributed by atoms with E-state index in [2.05, 4.69) is 15.5 Å². The Morgan fingerprint density at radius 1 is 1.05 bits per heavy atom. The third-order valence-electron chi connectivity index (χ3n) is 7.26. The summed E-state index contributed by atoms with van der Waals surface area (Å²) >= 11 is 5.89. The maximum atomic E-state index is 13.0. The Labute approximate surface area is 250 Å². The van der Waals surface area contributed by atoms with E-state index in [9.17, 15) is 19.5 Å². The van der Waals surface area contributed by atoms with Crippen LogP contribution < -0.4 is 15.9 Å². The van der Waals surface area contributed by atoms with E-state index in [1.807, 2.05) is 54.6 Å². The molecule has 0 spiro atoms. The molecule has 216 valence electrons. The number of fused-ring (bicyclic) bond motifs is 2. The number of aromatic hydroxyl groups is 1. The lowest BCUT2D eigenvalue weighted by atomic mass is 10.0. The monoisotopic (exact) mass is 595 g/mol. The summed E-state index contributed by atoms with van der Waals surface area (Å²) in [5.41, 5.74) is 5.70. The SMILES string of the molecule is O=C(N/N=C/c1ccc(OCC(=O)N2CC=C(n3c(=O)[nH]c4ccccc43)CC2)c2ccccc12)c1ccc(O)c(Cl)c1. The lowest BCUT2D eigenvalue weighted by Crippen LogP contribution is -2.38. The zero-order chi connectivity index (χ0) is 29.9. The average molecular weight is 596 g/mol. The van der Waals surface area contributed by atoms with Gasteiger partial charge in [-0.1, -0.05) is 48.0 Å². The predicted molar refractivity (Wildman–Crippen MR) is 166 cm³/mol. The van der Waals surface area contributed by atoms with Crippen molar-refractivity contribution in [3.63, 3.8) is 0 Å². The van der Waals surface area contributed by atoms with Crippen molar-refractivity contribution in [2.45, 2.75) is 6.42 Å². The van der Waals surface area contributed by atoms with Crippen LogP contribution >= 0.6 is 11.6 Å². The van der Waals surface area contributed by atoms with Gasteiger partial charge < -0.3 is 19.7 Å². The van der Waals surface area contributed by atoms with Crippen LogP contribution in [0.25, 0.3) is 27.5 Å². The van der Waals surface area contributed by atoms with E-state index < -0.39 is 5.91 Å². The highest BCUT2D eigenvalue weighted by atomic mass is 35.5. The number of hydrogen-bond acceptors (Lipinski definition) is 6. The molecule has 0 bridgehead atoms. The topological polar surface area (TPSA) is 129 Å². The fraction of sp³-hybridized carbons (Fsp3) is 0.125. The van der Waals surface area contributed by atoms with Crippen molar-refractivity contribution >= 4 is 57.1 Å². The first-order chi connectivity index (χ1) is 20.9. The van der Waals surface area contributed by atoms with Crippen molar-refractivity contribution in [3.05, 3.63) is 112 Å². The average Bonchev–Trinajstić information content (AvgIpc) is 3.37. The van der Waals surface area contributed by atoms with Crippen LogP contribution in [0.3, 0.4) is 0 Å². The van der Waals surface area contributed by atoms with Crippen molar-refractivity contribution in [2.24, 2.45) is 5.10 Å². The van der Waals surface area contributed by atoms with E-state index >= 15 is 0 Å². The van der Waals surface area contributed by atoms with E-state index in [-0.39, 0.29) is 34.5 Å². The Hall–Kier alpha value is -5.35. The number of imidazole rings is 1. The number of aromatic amines is 1. The maximum Gasteiger partial charge on any atom is 0.330 e. The Morgan fingerprint density at radius 3 is 2.63 bits per heavy atom. The van der Waals surface area contributed by atoms with Gasteiger partial charge in [0.05, 0.1) is 22.3 Å². The Kier molecular flexibility index (Phi) is 7.67. The molecule has 10 nitrogen and oxygen atoms in total. The zero-order valence-corrected chi connectivity index (χ0v) is 23.5. The van der Waals surface area contributed by atoms with Gasteiger partial charge in [0.1, 0.15) is 11.5 Å². The number of carbonyl (C=O) groups excluding carboxylic acids is 2. The molecule has 0 aliphatic carbocycles. The first-order valence-electron chi connectivity index (χ1n) is 13.5. The van der Waals surface area contributed by atoms with Crippen molar-refractivity contribution < 1.29 is 19.4 Å². The summed E-state index contributed by atoms with van der Waals surface area (Å²) in [6, 6.07) is 22.8. The van der Waals surface area contributed by atoms with Gasteiger partial charge in [-0.2, -0.15) is 5.10 Å². The van der Waals surface area contributed by atoms with Gasteiger partial charge in [-0.25, -0.2) is 10.2 Å². The minimum atomic E-state index is -0.478. The molecule has 0 unspecified atom stereocenters. The number of ether oxygens (including phenoxy) is 1. The highest BCUT2D eigenvalue weighted by molar-refractivity contribution is 6.32. The van der Waals surface area contributed by atoms with Crippen LogP contribution in [0.15, 0.2) is 94.8 Å².